The van der Waals surface area contributed by atoms with Crippen LogP contribution in [0.25, 0.3) is 5.69 Å². The Labute approximate surface area is 192 Å². The second-order valence-electron chi connectivity index (χ2n) is 6.85. The summed E-state index contributed by atoms with van der Waals surface area (Å²) in [5.41, 5.74) is 2.94. The monoisotopic (exact) mass is 521 g/mol. The van der Waals surface area contributed by atoms with E-state index in [9.17, 15) is 4.39 Å². The molecule has 2 aromatic carbocycles. The second-order valence-corrected chi connectivity index (χ2v) is 6.85. The maximum Gasteiger partial charge on any atom is 0.191 e. The lowest BCUT2D eigenvalue weighted by Gasteiger charge is -2.28. The first-order valence-electron chi connectivity index (χ1n) is 9.72. The molecule has 1 unspecified atom stereocenters. The normalized spacial score (nSPS) is 15.5. The zero-order valence-electron chi connectivity index (χ0n) is 16.7. The molecule has 2 N–H and O–H groups in total. The molecule has 6 nitrogen and oxygen atoms in total. The topological polar surface area (TPSA) is 63.5 Å². The molecule has 158 valence electrons. The van der Waals surface area contributed by atoms with Gasteiger partial charge in [0.05, 0.1) is 24.0 Å². The van der Waals surface area contributed by atoms with Crippen molar-refractivity contribution in [2.75, 3.05) is 20.2 Å². The molecule has 0 saturated heterocycles. The molecule has 0 aliphatic carbocycles. The van der Waals surface area contributed by atoms with Crippen LogP contribution in [-0.2, 0) is 6.42 Å². The number of rotatable bonds is 5. The predicted octanol–water partition coefficient (Wildman–Crippen LogP) is 3.86. The second kappa shape index (κ2) is 10.4. The first-order valence-corrected chi connectivity index (χ1v) is 9.72. The van der Waals surface area contributed by atoms with E-state index >= 15 is 0 Å². The molecule has 8 heteroatoms. The molecule has 0 spiro atoms. The SMILES string of the molecule is CN=C(NCCc1ccn(-c2ccc(F)cc2)n1)NC1CCOc2ccccc21.I. The highest BCUT2D eigenvalue weighted by Gasteiger charge is 2.21. The lowest BCUT2D eigenvalue weighted by atomic mass is 10.0. The van der Waals surface area contributed by atoms with Crippen LogP contribution in [0.5, 0.6) is 5.75 Å². The van der Waals surface area contributed by atoms with Crippen molar-refractivity contribution in [3.8, 4) is 11.4 Å². The van der Waals surface area contributed by atoms with Gasteiger partial charge >= 0.3 is 0 Å². The molecule has 3 aromatic rings. The largest absolute Gasteiger partial charge is 0.493 e. The summed E-state index contributed by atoms with van der Waals surface area (Å²) in [6, 6.07) is 16.5. The average Bonchev–Trinajstić information content (AvgIpc) is 3.22. The Bertz CT molecular complexity index is 989. The molecule has 4 rings (SSSR count). The van der Waals surface area contributed by atoms with Crippen LogP contribution >= 0.6 is 24.0 Å². The van der Waals surface area contributed by atoms with E-state index in [4.69, 9.17) is 4.74 Å². The third-order valence-electron chi connectivity index (χ3n) is 4.90. The van der Waals surface area contributed by atoms with Gasteiger partial charge in [-0.2, -0.15) is 5.10 Å². The molecule has 0 bridgehead atoms. The number of para-hydroxylation sites is 1. The summed E-state index contributed by atoms with van der Waals surface area (Å²) in [5.74, 6) is 1.43. The van der Waals surface area contributed by atoms with Crippen LogP contribution < -0.4 is 15.4 Å². The summed E-state index contributed by atoms with van der Waals surface area (Å²) in [6.45, 7) is 1.39. The summed E-state index contributed by atoms with van der Waals surface area (Å²) in [6.07, 6.45) is 3.52. The first-order chi connectivity index (χ1) is 14.2. The van der Waals surface area contributed by atoms with Crippen LogP contribution in [0, 0.1) is 5.82 Å². The number of guanidine groups is 1. The van der Waals surface area contributed by atoms with Crippen molar-refractivity contribution >= 4 is 29.9 Å². The van der Waals surface area contributed by atoms with E-state index < -0.39 is 0 Å². The summed E-state index contributed by atoms with van der Waals surface area (Å²) in [4.78, 5) is 4.34. The Morgan fingerprint density at radius 2 is 2.00 bits per heavy atom. The maximum atomic E-state index is 13.1. The number of aliphatic imine (C=N–C) groups is 1. The lowest BCUT2D eigenvalue weighted by molar-refractivity contribution is 0.261. The standard InChI is InChI=1S/C22H24FN5O.HI/c1-24-22(26-20-12-15-29-21-5-3-2-4-19(20)21)25-13-10-17-11-14-28(27-17)18-8-6-16(23)7-9-18;/h2-9,11,14,20H,10,12-13,15H2,1H3,(H2,24,25,26);1H. The molecule has 2 heterocycles. The molecule has 0 fully saturated rings. The van der Waals surface area contributed by atoms with Crippen molar-refractivity contribution in [2.45, 2.75) is 18.9 Å². The smallest absolute Gasteiger partial charge is 0.191 e. The van der Waals surface area contributed by atoms with Crippen LogP contribution in [0.3, 0.4) is 0 Å². The third kappa shape index (κ3) is 5.29. The number of nitrogens with zero attached hydrogens (tertiary/aromatic N) is 3. The van der Waals surface area contributed by atoms with Crippen LogP contribution in [0.1, 0.15) is 23.7 Å². The Kier molecular flexibility index (Phi) is 7.67. The van der Waals surface area contributed by atoms with Gasteiger partial charge in [0, 0.05) is 38.2 Å². The average molecular weight is 521 g/mol. The first kappa shape index (κ1) is 22.1. The van der Waals surface area contributed by atoms with E-state index in [0.717, 1.165) is 41.5 Å². The van der Waals surface area contributed by atoms with Gasteiger partial charge in [0.2, 0.25) is 0 Å². The summed E-state index contributed by atoms with van der Waals surface area (Å²) >= 11 is 0. The van der Waals surface area contributed by atoms with Crippen molar-refractivity contribution < 1.29 is 9.13 Å². The number of hydrogen-bond donors (Lipinski definition) is 2. The van der Waals surface area contributed by atoms with Gasteiger partial charge in [0.1, 0.15) is 11.6 Å². The highest BCUT2D eigenvalue weighted by molar-refractivity contribution is 14.0. The summed E-state index contributed by atoms with van der Waals surface area (Å²) < 4.78 is 20.5. The molecule has 1 aromatic heterocycles. The number of nitrogens with one attached hydrogen (secondary N) is 2. The number of aromatic nitrogens is 2. The minimum atomic E-state index is -0.253. The molecule has 1 aliphatic rings. The van der Waals surface area contributed by atoms with Gasteiger partial charge in [-0.1, -0.05) is 18.2 Å². The molecular formula is C22H25FIN5O. The van der Waals surface area contributed by atoms with E-state index in [2.05, 4.69) is 26.8 Å². The van der Waals surface area contributed by atoms with Gasteiger partial charge in [-0.3, -0.25) is 4.99 Å². The van der Waals surface area contributed by atoms with Crippen molar-refractivity contribution in [3.05, 3.63) is 77.9 Å². The lowest BCUT2D eigenvalue weighted by Crippen LogP contribution is -2.41. The van der Waals surface area contributed by atoms with Crippen LogP contribution in [0.4, 0.5) is 4.39 Å². The summed E-state index contributed by atoms with van der Waals surface area (Å²) in [7, 11) is 1.77. The van der Waals surface area contributed by atoms with Crippen molar-refractivity contribution in [1.82, 2.24) is 20.4 Å². The van der Waals surface area contributed by atoms with Gasteiger partial charge in [0.25, 0.3) is 0 Å². The molecular weight excluding hydrogens is 496 g/mol. The number of ether oxygens (including phenoxy) is 1. The van der Waals surface area contributed by atoms with Gasteiger partial charge in [-0.25, -0.2) is 9.07 Å². The predicted molar refractivity (Wildman–Crippen MR) is 126 cm³/mol. The fourth-order valence-corrected chi connectivity index (χ4v) is 3.39. The summed E-state index contributed by atoms with van der Waals surface area (Å²) in [5, 5.41) is 11.4. The van der Waals surface area contributed by atoms with Crippen molar-refractivity contribution in [3.63, 3.8) is 0 Å². The van der Waals surface area contributed by atoms with Crippen LogP contribution in [0.2, 0.25) is 0 Å². The number of benzene rings is 2. The third-order valence-corrected chi connectivity index (χ3v) is 4.90. The van der Waals surface area contributed by atoms with Gasteiger partial charge in [-0.15, -0.1) is 24.0 Å². The van der Waals surface area contributed by atoms with Crippen molar-refractivity contribution in [2.24, 2.45) is 4.99 Å². The molecule has 1 aliphatic heterocycles. The minimum Gasteiger partial charge on any atom is -0.493 e. The van der Waals surface area contributed by atoms with E-state index in [1.165, 1.54) is 12.1 Å². The number of fused-ring (bicyclic) bond motifs is 1. The molecule has 1 atom stereocenters. The fourth-order valence-electron chi connectivity index (χ4n) is 3.39. The Hall–Kier alpha value is -2.62. The molecule has 30 heavy (non-hydrogen) atoms. The Balaban J connectivity index is 0.00000256. The van der Waals surface area contributed by atoms with E-state index in [0.29, 0.717) is 13.2 Å². The molecule has 0 amide bonds. The zero-order chi connectivity index (χ0) is 20.1. The molecule has 0 radical (unpaired) electrons. The maximum absolute atomic E-state index is 13.1. The highest BCUT2D eigenvalue weighted by Crippen LogP contribution is 2.31. The quantitative estimate of drug-likeness (QED) is 0.304. The minimum absolute atomic E-state index is 0. The Morgan fingerprint density at radius 3 is 2.80 bits per heavy atom. The van der Waals surface area contributed by atoms with Crippen LogP contribution in [-0.4, -0.2) is 35.9 Å². The van der Waals surface area contributed by atoms with Crippen molar-refractivity contribution in [1.29, 1.82) is 0 Å². The number of hydrogen-bond acceptors (Lipinski definition) is 3. The molecule has 0 saturated carbocycles. The highest BCUT2D eigenvalue weighted by atomic mass is 127. The zero-order valence-corrected chi connectivity index (χ0v) is 19.0. The Morgan fingerprint density at radius 1 is 1.20 bits per heavy atom. The van der Waals surface area contributed by atoms with Gasteiger partial charge < -0.3 is 15.4 Å². The van der Waals surface area contributed by atoms with Gasteiger partial charge in [-0.05, 0) is 36.4 Å². The van der Waals surface area contributed by atoms with E-state index in [1.54, 1.807) is 23.9 Å². The fraction of sp³-hybridized carbons (Fsp3) is 0.273. The van der Waals surface area contributed by atoms with Gasteiger partial charge in [0.15, 0.2) is 5.96 Å². The van der Waals surface area contributed by atoms with Crippen LogP contribution in [0.15, 0.2) is 65.8 Å². The van der Waals surface area contributed by atoms with E-state index in [-0.39, 0.29) is 35.8 Å². The number of halogens is 2. The van der Waals surface area contributed by atoms with E-state index in [1.807, 2.05) is 30.5 Å².